The van der Waals surface area contributed by atoms with Crippen LogP contribution in [-0.4, -0.2) is 31.5 Å². The lowest BCUT2D eigenvalue weighted by Gasteiger charge is -2.20. The van der Waals surface area contributed by atoms with Crippen LogP contribution < -0.4 is 4.57 Å². The van der Waals surface area contributed by atoms with Gasteiger partial charge in [-0.2, -0.15) is 13.2 Å². The molecule has 0 bridgehead atoms. The fourth-order valence-electron chi connectivity index (χ4n) is 1.09. The van der Waals surface area contributed by atoms with Gasteiger partial charge in [0.25, 0.3) is 0 Å². The minimum atomic E-state index is -4.59. The van der Waals surface area contributed by atoms with Gasteiger partial charge in [-0.3, -0.25) is 0 Å². The fourth-order valence-corrected chi connectivity index (χ4v) is 2.00. The molecule has 1 rings (SSSR count). The highest BCUT2D eigenvalue weighted by atomic mass is 32.2. The van der Waals surface area contributed by atoms with Crippen LogP contribution in [-0.2, 0) is 23.6 Å². The van der Waals surface area contributed by atoms with Crippen LogP contribution in [0.4, 0.5) is 13.2 Å². The van der Waals surface area contributed by atoms with E-state index < -0.39 is 28.5 Å². The van der Waals surface area contributed by atoms with Crippen LogP contribution in [0.5, 0.6) is 0 Å². The first-order valence-corrected chi connectivity index (χ1v) is 6.28. The van der Waals surface area contributed by atoms with Gasteiger partial charge in [0.05, 0.1) is 22.8 Å². The molecule has 0 aromatic carbocycles. The molecule has 0 N–H and O–H groups in total. The minimum Gasteiger partial charge on any atom is -0.542 e. The first kappa shape index (κ1) is 14.0. The first-order valence-electron chi connectivity index (χ1n) is 4.67. The summed E-state index contributed by atoms with van der Waals surface area (Å²) in [5.41, 5.74) is 0. The number of rotatable bonds is 5. The third kappa shape index (κ3) is 5.68. The van der Waals surface area contributed by atoms with Crippen LogP contribution in [0.1, 0.15) is 0 Å². The van der Waals surface area contributed by atoms with Crippen molar-refractivity contribution in [2.75, 3.05) is 12.3 Å². The average molecular weight is 271 g/mol. The van der Waals surface area contributed by atoms with Crippen molar-refractivity contribution in [1.29, 1.82) is 0 Å². The number of alkyl halides is 3. The molecule has 1 heterocycles. The van der Waals surface area contributed by atoms with Crippen molar-refractivity contribution >= 4 is 10.0 Å². The maximum absolute atomic E-state index is 11.8. The summed E-state index contributed by atoms with van der Waals surface area (Å²) in [6.07, 6.45) is 0.352. The van der Waals surface area contributed by atoms with E-state index in [1.54, 1.807) is 34.9 Å². The Balaban J connectivity index is 2.45. The number of aryl methyl sites for hydroxylation is 2. The number of sulfonamides is 1. The Kier molecular flexibility index (Phi) is 4.15. The molecule has 0 aliphatic heterocycles. The molecule has 17 heavy (non-hydrogen) atoms. The predicted molar refractivity (Wildman–Crippen MR) is 53.7 cm³/mol. The number of imidazole rings is 1. The molecule has 0 unspecified atom stereocenters. The third-order valence-electron chi connectivity index (χ3n) is 1.87. The summed E-state index contributed by atoms with van der Waals surface area (Å²) < 4.78 is 63.6. The maximum Gasteiger partial charge on any atom is 0.371 e. The average Bonchev–Trinajstić information content (AvgIpc) is 2.58. The van der Waals surface area contributed by atoms with Crippen molar-refractivity contribution in [3.8, 4) is 0 Å². The van der Waals surface area contributed by atoms with Crippen LogP contribution in [0.25, 0.3) is 4.72 Å². The topological polar surface area (TPSA) is 57.1 Å². The number of hydrogen-bond acceptors (Lipinski definition) is 2. The SMILES string of the molecule is C[n+]1ccn(CCS(=O)(=O)[N-]CC(F)(F)F)c1. The molecule has 0 radical (unpaired) electrons. The highest BCUT2D eigenvalue weighted by Gasteiger charge is 2.22. The lowest BCUT2D eigenvalue weighted by Crippen LogP contribution is -2.24. The zero-order valence-electron chi connectivity index (χ0n) is 9.05. The van der Waals surface area contributed by atoms with Gasteiger partial charge >= 0.3 is 6.18 Å². The van der Waals surface area contributed by atoms with Crippen molar-refractivity contribution in [3.63, 3.8) is 0 Å². The van der Waals surface area contributed by atoms with E-state index >= 15 is 0 Å². The Morgan fingerprint density at radius 2 is 2.06 bits per heavy atom. The molecule has 0 amide bonds. The largest absolute Gasteiger partial charge is 0.542 e. The number of hydrogen-bond donors (Lipinski definition) is 0. The fraction of sp³-hybridized carbons (Fsp3) is 0.625. The standard InChI is InChI=1S/C8H12F3N3O2S/c1-13-2-3-14(7-13)4-5-17(15,16)12-6-8(9,10)11/h2-3,7H,4-6H2,1H3. The third-order valence-corrected chi connectivity index (χ3v) is 3.09. The van der Waals surface area contributed by atoms with Crippen LogP contribution >= 0.6 is 0 Å². The van der Waals surface area contributed by atoms with Gasteiger partial charge in [-0.15, -0.1) is 0 Å². The van der Waals surface area contributed by atoms with E-state index in [4.69, 9.17) is 0 Å². The number of halogens is 3. The first-order chi connectivity index (χ1) is 7.68. The molecule has 0 atom stereocenters. The summed E-state index contributed by atoms with van der Waals surface area (Å²) in [6, 6.07) is 0. The summed E-state index contributed by atoms with van der Waals surface area (Å²) in [7, 11) is -2.28. The summed E-state index contributed by atoms with van der Waals surface area (Å²) in [6.45, 7) is -1.58. The summed E-state index contributed by atoms with van der Waals surface area (Å²) in [5.74, 6) is -0.447. The van der Waals surface area contributed by atoms with Gasteiger partial charge in [0.15, 0.2) is 0 Å². The van der Waals surface area contributed by atoms with Gasteiger partial charge in [-0.25, -0.2) is 17.6 Å². The Hall–Kier alpha value is -1.09. The predicted octanol–water partition coefficient (Wildman–Crippen LogP) is 0.578. The van der Waals surface area contributed by atoms with E-state index in [9.17, 15) is 21.6 Å². The lowest BCUT2D eigenvalue weighted by molar-refractivity contribution is -0.671. The van der Waals surface area contributed by atoms with Crippen LogP contribution in [0.2, 0.25) is 0 Å². The normalized spacial score (nSPS) is 12.9. The smallest absolute Gasteiger partial charge is 0.371 e. The molecule has 1 aromatic heterocycles. The second-order valence-corrected chi connectivity index (χ2v) is 5.34. The Bertz CT molecular complexity index is 467. The van der Waals surface area contributed by atoms with Crippen LogP contribution in [0.15, 0.2) is 18.7 Å². The number of aromatic nitrogens is 2. The van der Waals surface area contributed by atoms with Gasteiger partial charge in [-0.1, -0.05) is 0 Å². The summed E-state index contributed by atoms with van der Waals surface area (Å²) >= 11 is 0. The lowest BCUT2D eigenvalue weighted by atomic mass is 10.7. The maximum atomic E-state index is 11.8. The molecule has 0 saturated heterocycles. The van der Waals surface area contributed by atoms with E-state index in [0.717, 1.165) is 0 Å². The molecule has 5 nitrogen and oxygen atoms in total. The molecule has 9 heteroatoms. The Morgan fingerprint density at radius 1 is 1.41 bits per heavy atom. The number of nitrogens with zero attached hydrogens (tertiary/aromatic N) is 3. The molecule has 0 fully saturated rings. The van der Waals surface area contributed by atoms with E-state index in [1.807, 2.05) is 0 Å². The second-order valence-electron chi connectivity index (χ2n) is 3.51. The summed E-state index contributed by atoms with van der Waals surface area (Å²) in [4.78, 5) is 0. The van der Waals surface area contributed by atoms with Crippen LogP contribution in [0.3, 0.4) is 0 Å². The zero-order chi connectivity index (χ0) is 13.1. The van der Waals surface area contributed by atoms with Crippen molar-refractivity contribution in [1.82, 2.24) is 4.57 Å². The quantitative estimate of drug-likeness (QED) is 0.735. The van der Waals surface area contributed by atoms with Gasteiger partial charge in [0.2, 0.25) is 6.33 Å². The second kappa shape index (κ2) is 5.05. The molecule has 0 aliphatic rings. The highest BCUT2D eigenvalue weighted by Crippen LogP contribution is 2.19. The van der Waals surface area contributed by atoms with Gasteiger partial charge in [0, 0.05) is 0 Å². The monoisotopic (exact) mass is 271 g/mol. The van der Waals surface area contributed by atoms with Crippen molar-refractivity contribution in [2.45, 2.75) is 12.7 Å². The van der Waals surface area contributed by atoms with Crippen molar-refractivity contribution < 1.29 is 26.2 Å². The van der Waals surface area contributed by atoms with E-state index in [-0.39, 0.29) is 6.54 Å². The van der Waals surface area contributed by atoms with Crippen molar-refractivity contribution in [3.05, 3.63) is 23.4 Å². The van der Waals surface area contributed by atoms with Gasteiger partial charge in [-0.05, 0) is 6.54 Å². The minimum absolute atomic E-state index is 0.0739. The van der Waals surface area contributed by atoms with E-state index in [0.29, 0.717) is 0 Å². The highest BCUT2D eigenvalue weighted by molar-refractivity contribution is 7.93. The Labute approximate surface area is 96.9 Å². The Morgan fingerprint density at radius 3 is 2.53 bits per heavy atom. The molecule has 0 saturated carbocycles. The van der Waals surface area contributed by atoms with E-state index in [2.05, 4.69) is 4.72 Å². The van der Waals surface area contributed by atoms with Crippen molar-refractivity contribution in [2.24, 2.45) is 7.05 Å². The molecular weight excluding hydrogens is 259 g/mol. The van der Waals surface area contributed by atoms with Gasteiger partial charge in [0.1, 0.15) is 18.9 Å². The zero-order valence-corrected chi connectivity index (χ0v) is 9.87. The molecule has 1 aromatic rings. The molecule has 0 spiro atoms. The summed E-state index contributed by atoms with van der Waals surface area (Å²) in [5, 5.41) is 0. The molecule has 0 aliphatic carbocycles. The van der Waals surface area contributed by atoms with E-state index in [1.165, 1.54) is 0 Å². The van der Waals surface area contributed by atoms with Gasteiger partial charge < -0.3 is 4.72 Å². The molecular formula is C8H12F3N3O2S. The van der Waals surface area contributed by atoms with Crippen LogP contribution in [0, 0.1) is 0 Å². The molecule has 98 valence electrons.